The molecule has 4 rings (SSSR count). The Morgan fingerprint density at radius 3 is 2.74 bits per heavy atom. The molecular formula is C22H27N7O2. The Labute approximate surface area is 181 Å². The van der Waals surface area contributed by atoms with Crippen molar-refractivity contribution in [2.45, 2.75) is 12.5 Å². The molecule has 0 bridgehead atoms. The molecule has 1 aliphatic rings. The molecule has 0 unspecified atom stereocenters. The molecule has 2 aromatic heterocycles. The van der Waals surface area contributed by atoms with Gasteiger partial charge >= 0.3 is 0 Å². The van der Waals surface area contributed by atoms with Crippen LogP contribution in [-0.2, 0) is 0 Å². The van der Waals surface area contributed by atoms with Gasteiger partial charge in [0.1, 0.15) is 23.8 Å². The molecule has 31 heavy (non-hydrogen) atoms. The second kappa shape index (κ2) is 8.63. The van der Waals surface area contributed by atoms with Crippen molar-refractivity contribution >= 4 is 35.1 Å². The number of methoxy groups -OCH3 is 2. The third-order valence-corrected chi connectivity index (χ3v) is 5.80. The molecule has 1 fully saturated rings. The lowest BCUT2D eigenvalue weighted by Gasteiger charge is -2.27. The summed E-state index contributed by atoms with van der Waals surface area (Å²) in [5, 5.41) is 0.925. The van der Waals surface area contributed by atoms with Gasteiger partial charge in [-0.05, 0) is 25.3 Å². The van der Waals surface area contributed by atoms with Crippen molar-refractivity contribution in [1.82, 2.24) is 19.9 Å². The quantitative estimate of drug-likeness (QED) is 0.486. The average Bonchev–Trinajstić information content (AvgIpc) is 3.48. The summed E-state index contributed by atoms with van der Waals surface area (Å²) in [4.78, 5) is 25.2. The van der Waals surface area contributed by atoms with Crippen LogP contribution >= 0.6 is 0 Å². The Balaban J connectivity index is 1.62. The van der Waals surface area contributed by atoms with Crippen LogP contribution in [0.5, 0.6) is 11.5 Å². The number of nitrogens with one attached hydrogen (secondary N) is 1. The average molecular weight is 422 g/mol. The van der Waals surface area contributed by atoms with Gasteiger partial charge in [-0.2, -0.15) is 0 Å². The zero-order chi connectivity index (χ0) is 22.0. The number of aromatic nitrogens is 3. The molecule has 0 aliphatic carbocycles. The zero-order valence-corrected chi connectivity index (χ0v) is 18.3. The minimum absolute atomic E-state index is 0.266. The zero-order valence-electron chi connectivity index (χ0n) is 18.3. The van der Waals surface area contributed by atoms with Crippen molar-refractivity contribution in [3.05, 3.63) is 36.3 Å². The van der Waals surface area contributed by atoms with Gasteiger partial charge in [-0.3, -0.25) is 4.99 Å². The highest BCUT2D eigenvalue weighted by Crippen LogP contribution is 2.35. The predicted molar refractivity (Wildman–Crippen MR) is 123 cm³/mol. The van der Waals surface area contributed by atoms with E-state index in [0.717, 1.165) is 53.4 Å². The van der Waals surface area contributed by atoms with Crippen LogP contribution in [0.4, 0.5) is 11.6 Å². The lowest BCUT2D eigenvalue weighted by atomic mass is 10.1. The van der Waals surface area contributed by atoms with E-state index in [1.54, 1.807) is 20.5 Å². The minimum atomic E-state index is 0.266. The third kappa shape index (κ3) is 3.67. The summed E-state index contributed by atoms with van der Waals surface area (Å²) in [5.74, 6) is 3.82. The van der Waals surface area contributed by atoms with Gasteiger partial charge in [-0.25, -0.2) is 15.0 Å². The van der Waals surface area contributed by atoms with Crippen LogP contribution in [0, 0.1) is 0 Å². The number of likely N-dealkylation sites (N-methyl/N-ethyl adjacent to an activating group) is 1. The number of benzene rings is 1. The second-order valence-corrected chi connectivity index (χ2v) is 7.37. The standard InChI is InChI=1S/C22H27N7O2/c1-23-20-15(6-8-25-20)21(24-2)29-9-7-14(12-29)28(3)22-16-10-18(30-4)19(31-5)11-17(16)26-13-27-22/h6,8,10-11,13-14,25H,1,7,9,12H2,2-5H3/t14-/m1/s1. The van der Waals surface area contributed by atoms with Crippen LogP contribution in [0.2, 0.25) is 0 Å². The molecule has 9 nitrogen and oxygen atoms in total. The highest BCUT2D eigenvalue weighted by molar-refractivity contribution is 6.03. The topological polar surface area (TPSA) is 91.2 Å². The number of rotatable bonds is 6. The SMILES string of the molecule is C=Nc1[nH]ccc1C(=NC)N1CC[C@@H](N(C)c2ncnc3cc(OC)c(OC)cc23)C1. The van der Waals surface area contributed by atoms with Crippen molar-refractivity contribution in [2.24, 2.45) is 9.98 Å². The summed E-state index contributed by atoms with van der Waals surface area (Å²) in [6, 6.07) is 6.07. The van der Waals surface area contributed by atoms with E-state index in [-0.39, 0.29) is 6.04 Å². The maximum Gasteiger partial charge on any atom is 0.162 e. The highest BCUT2D eigenvalue weighted by Gasteiger charge is 2.30. The lowest BCUT2D eigenvalue weighted by Crippen LogP contribution is -2.37. The van der Waals surface area contributed by atoms with Gasteiger partial charge in [-0.15, -0.1) is 0 Å². The van der Waals surface area contributed by atoms with Crippen LogP contribution < -0.4 is 14.4 Å². The van der Waals surface area contributed by atoms with Crippen molar-refractivity contribution in [2.75, 3.05) is 46.3 Å². The molecule has 3 aromatic rings. The fraction of sp³-hybridized carbons (Fsp3) is 0.364. The van der Waals surface area contributed by atoms with Crippen LogP contribution in [0.3, 0.4) is 0 Å². The summed E-state index contributed by atoms with van der Waals surface area (Å²) in [7, 11) is 7.13. The summed E-state index contributed by atoms with van der Waals surface area (Å²) >= 11 is 0. The first-order valence-electron chi connectivity index (χ1n) is 10.1. The van der Waals surface area contributed by atoms with Crippen LogP contribution in [-0.4, -0.2) is 79.9 Å². The molecular weight excluding hydrogens is 394 g/mol. The number of H-pyrrole nitrogens is 1. The van der Waals surface area contributed by atoms with Gasteiger partial charge in [0.25, 0.3) is 0 Å². The summed E-state index contributed by atoms with van der Waals surface area (Å²) in [5.41, 5.74) is 1.78. The van der Waals surface area contributed by atoms with E-state index in [1.807, 2.05) is 31.4 Å². The van der Waals surface area contributed by atoms with Gasteiger partial charge < -0.3 is 24.3 Å². The van der Waals surface area contributed by atoms with Gasteiger partial charge in [0, 0.05) is 50.9 Å². The fourth-order valence-corrected chi connectivity index (χ4v) is 4.18. The molecule has 1 aliphatic heterocycles. The van der Waals surface area contributed by atoms with Gasteiger partial charge in [0.15, 0.2) is 11.5 Å². The van der Waals surface area contributed by atoms with E-state index < -0.39 is 0 Å². The smallest absolute Gasteiger partial charge is 0.162 e. The molecule has 0 saturated carbocycles. The largest absolute Gasteiger partial charge is 0.493 e. The fourth-order valence-electron chi connectivity index (χ4n) is 4.18. The first-order valence-corrected chi connectivity index (χ1v) is 10.1. The Kier molecular flexibility index (Phi) is 5.75. The third-order valence-electron chi connectivity index (χ3n) is 5.80. The van der Waals surface area contributed by atoms with E-state index in [1.165, 1.54) is 0 Å². The number of anilines is 1. The van der Waals surface area contributed by atoms with Gasteiger partial charge in [0.05, 0.1) is 25.3 Å². The van der Waals surface area contributed by atoms with Crippen molar-refractivity contribution < 1.29 is 9.47 Å². The summed E-state index contributed by atoms with van der Waals surface area (Å²) in [6.07, 6.45) is 4.43. The number of fused-ring (bicyclic) bond motifs is 1. The Morgan fingerprint density at radius 1 is 1.26 bits per heavy atom. The van der Waals surface area contributed by atoms with Crippen LogP contribution in [0.15, 0.2) is 40.7 Å². The lowest BCUT2D eigenvalue weighted by molar-refractivity contribution is 0.356. The normalized spacial score (nSPS) is 16.6. The molecule has 1 atom stereocenters. The number of hydrogen-bond donors (Lipinski definition) is 1. The number of aliphatic imine (C=N–C) groups is 2. The van der Waals surface area contributed by atoms with Gasteiger partial charge in [-0.1, -0.05) is 0 Å². The molecule has 0 radical (unpaired) electrons. The molecule has 0 spiro atoms. The molecule has 9 heteroatoms. The molecule has 0 amide bonds. The van der Waals surface area contributed by atoms with Crippen molar-refractivity contribution in [3.63, 3.8) is 0 Å². The number of likely N-dealkylation sites (tertiary alicyclic amines) is 1. The predicted octanol–water partition coefficient (Wildman–Crippen LogP) is 2.89. The van der Waals surface area contributed by atoms with E-state index in [4.69, 9.17) is 9.47 Å². The number of amidine groups is 1. The Bertz CT molecular complexity index is 1120. The van der Waals surface area contributed by atoms with E-state index in [2.05, 4.69) is 48.5 Å². The molecule has 3 heterocycles. The van der Waals surface area contributed by atoms with Crippen LogP contribution in [0.1, 0.15) is 12.0 Å². The molecule has 1 saturated heterocycles. The summed E-state index contributed by atoms with van der Waals surface area (Å²) in [6.45, 7) is 5.36. The van der Waals surface area contributed by atoms with E-state index >= 15 is 0 Å². The first-order chi connectivity index (χ1) is 15.1. The van der Waals surface area contributed by atoms with Gasteiger partial charge in [0.2, 0.25) is 0 Å². The van der Waals surface area contributed by atoms with Crippen molar-refractivity contribution in [3.8, 4) is 11.5 Å². The highest BCUT2D eigenvalue weighted by atomic mass is 16.5. The van der Waals surface area contributed by atoms with Crippen LogP contribution in [0.25, 0.3) is 10.9 Å². The number of aromatic amines is 1. The molecule has 162 valence electrons. The summed E-state index contributed by atoms with van der Waals surface area (Å²) < 4.78 is 10.9. The van der Waals surface area contributed by atoms with E-state index in [0.29, 0.717) is 11.5 Å². The van der Waals surface area contributed by atoms with E-state index in [9.17, 15) is 0 Å². The number of nitrogens with zero attached hydrogens (tertiary/aromatic N) is 6. The minimum Gasteiger partial charge on any atom is -0.493 e. The maximum absolute atomic E-state index is 5.49. The Morgan fingerprint density at radius 2 is 2.03 bits per heavy atom. The van der Waals surface area contributed by atoms with Crippen molar-refractivity contribution in [1.29, 1.82) is 0 Å². The number of ether oxygens (including phenoxy) is 2. The maximum atomic E-state index is 5.49. The Hall–Kier alpha value is -3.62. The monoisotopic (exact) mass is 421 g/mol. The first kappa shape index (κ1) is 20.6. The molecule has 1 N–H and O–H groups in total. The second-order valence-electron chi connectivity index (χ2n) is 7.37. The number of hydrogen-bond acceptors (Lipinski definition) is 7. The molecule has 1 aromatic carbocycles.